The lowest BCUT2D eigenvalue weighted by atomic mass is 10.0. The molecular formula is C12H22O4. The highest BCUT2D eigenvalue weighted by molar-refractivity contribution is 5.66. The SMILES string of the molecule is CCCC[C@@H](OC(C)=O)[C@@H](C)COC(C)=O. The topological polar surface area (TPSA) is 52.6 Å². The molecule has 0 radical (unpaired) electrons. The van der Waals surface area contributed by atoms with E-state index in [0.717, 1.165) is 19.3 Å². The first kappa shape index (κ1) is 14.9. The van der Waals surface area contributed by atoms with Gasteiger partial charge < -0.3 is 9.47 Å². The smallest absolute Gasteiger partial charge is 0.302 e. The maximum atomic E-state index is 10.9. The zero-order chi connectivity index (χ0) is 12.6. The van der Waals surface area contributed by atoms with Crippen LogP contribution >= 0.6 is 0 Å². The van der Waals surface area contributed by atoms with Crippen LogP contribution in [0.2, 0.25) is 0 Å². The molecule has 0 saturated heterocycles. The van der Waals surface area contributed by atoms with E-state index in [9.17, 15) is 9.59 Å². The Balaban J connectivity index is 4.13. The average Bonchev–Trinajstić information content (AvgIpc) is 2.20. The van der Waals surface area contributed by atoms with Gasteiger partial charge in [-0.15, -0.1) is 0 Å². The standard InChI is InChI=1S/C12H22O4/c1-5-6-7-12(16-11(4)14)9(2)8-15-10(3)13/h9,12H,5-8H2,1-4H3/t9-,12+/m0/s1. The van der Waals surface area contributed by atoms with E-state index < -0.39 is 0 Å². The molecule has 0 heterocycles. The van der Waals surface area contributed by atoms with Crippen LogP contribution in [0.15, 0.2) is 0 Å². The average molecular weight is 230 g/mol. The molecule has 0 unspecified atom stereocenters. The summed E-state index contributed by atoms with van der Waals surface area (Å²) in [5, 5.41) is 0. The molecular weight excluding hydrogens is 208 g/mol. The van der Waals surface area contributed by atoms with Crippen LogP contribution in [0, 0.1) is 5.92 Å². The second kappa shape index (κ2) is 8.13. The number of carbonyl (C=O) groups is 2. The zero-order valence-electron chi connectivity index (χ0n) is 10.6. The number of ether oxygens (including phenoxy) is 2. The largest absolute Gasteiger partial charge is 0.465 e. The molecule has 4 heteroatoms. The molecule has 0 amide bonds. The molecule has 94 valence electrons. The van der Waals surface area contributed by atoms with E-state index in [1.807, 2.05) is 6.92 Å². The van der Waals surface area contributed by atoms with Crippen LogP contribution in [-0.4, -0.2) is 24.6 Å². The van der Waals surface area contributed by atoms with Gasteiger partial charge in [-0.25, -0.2) is 0 Å². The monoisotopic (exact) mass is 230 g/mol. The molecule has 0 N–H and O–H groups in total. The van der Waals surface area contributed by atoms with Crippen molar-refractivity contribution in [1.82, 2.24) is 0 Å². The molecule has 0 fully saturated rings. The van der Waals surface area contributed by atoms with E-state index in [1.165, 1.54) is 13.8 Å². The number of rotatable bonds is 7. The predicted molar refractivity (Wildman–Crippen MR) is 60.9 cm³/mol. The van der Waals surface area contributed by atoms with Crippen LogP contribution in [0.1, 0.15) is 47.0 Å². The van der Waals surface area contributed by atoms with Gasteiger partial charge in [0.05, 0.1) is 6.61 Å². The highest BCUT2D eigenvalue weighted by Crippen LogP contribution is 2.15. The fourth-order valence-electron chi connectivity index (χ4n) is 1.43. The maximum absolute atomic E-state index is 10.9. The molecule has 0 rings (SSSR count). The highest BCUT2D eigenvalue weighted by atomic mass is 16.6. The Morgan fingerprint density at radius 2 is 1.81 bits per heavy atom. The second-order valence-corrected chi connectivity index (χ2v) is 4.07. The van der Waals surface area contributed by atoms with Crippen molar-refractivity contribution in [1.29, 1.82) is 0 Å². The normalized spacial score (nSPS) is 14.0. The van der Waals surface area contributed by atoms with E-state index in [2.05, 4.69) is 6.92 Å². The molecule has 0 aromatic rings. The summed E-state index contributed by atoms with van der Waals surface area (Å²) < 4.78 is 10.1. The summed E-state index contributed by atoms with van der Waals surface area (Å²) >= 11 is 0. The summed E-state index contributed by atoms with van der Waals surface area (Å²) in [5.74, 6) is -0.543. The minimum atomic E-state index is -0.302. The number of hydrogen-bond acceptors (Lipinski definition) is 4. The van der Waals surface area contributed by atoms with Crippen molar-refractivity contribution in [2.24, 2.45) is 5.92 Å². The predicted octanol–water partition coefficient (Wildman–Crippen LogP) is 2.31. The van der Waals surface area contributed by atoms with E-state index in [0.29, 0.717) is 6.61 Å². The Labute approximate surface area is 97.3 Å². The molecule has 0 aromatic heterocycles. The molecule has 0 saturated carbocycles. The number of hydrogen-bond donors (Lipinski definition) is 0. The molecule has 0 aromatic carbocycles. The van der Waals surface area contributed by atoms with Gasteiger partial charge in [0.25, 0.3) is 0 Å². The number of esters is 2. The van der Waals surface area contributed by atoms with Crippen LogP contribution in [0.5, 0.6) is 0 Å². The summed E-state index contributed by atoms with van der Waals surface area (Å²) in [6.07, 6.45) is 2.72. The summed E-state index contributed by atoms with van der Waals surface area (Å²) in [7, 11) is 0. The van der Waals surface area contributed by atoms with Crippen molar-refractivity contribution in [2.75, 3.05) is 6.61 Å². The van der Waals surface area contributed by atoms with Gasteiger partial charge in [-0.2, -0.15) is 0 Å². The Hall–Kier alpha value is -1.06. The molecule has 0 aliphatic carbocycles. The molecule has 0 aliphatic rings. The van der Waals surface area contributed by atoms with Crippen LogP contribution in [0.25, 0.3) is 0 Å². The van der Waals surface area contributed by atoms with E-state index >= 15 is 0 Å². The van der Waals surface area contributed by atoms with Gasteiger partial charge in [-0.1, -0.05) is 26.7 Å². The first-order valence-electron chi connectivity index (χ1n) is 5.78. The van der Waals surface area contributed by atoms with Crippen molar-refractivity contribution in [3.8, 4) is 0 Å². The third-order valence-corrected chi connectivity index (χ3v) is 2.34. The van der Waals surface area contributed by atoms with Crippen LogP contribution < -0.4 is 0 Å². The minimum absolute atomic E-state index is 0.0411. The van der Waals surface area contributed by atoms with Crippen molar-refractivity contribution >= 4 is 11.9 Å². The van der Waals surface area contributed by atoms with Crippen molar-refractivity contribution in [2.45, 2.75) is 53.1 Å². The van der Waals surface area contributed by atoms with E-state index in [-0.39, 0.29) is 24.0 Å². The Bertz CT molecular complexity index is 225. The van der Waals surface area contributed by atoms with E-state index in [4.69, 9.17) is 9.47 Å². The van der Waals surface area contributed by atoms with Crippen LogP contribution in [0.4, 0.5) is 0 Å². The first-order valence-corrected chi connectivity index (χ1v) is 5.78. The first-order chi connectivity index (χ1) is 7.47. The zero-order valence-corrected chi connectivity index (χ0v) is 10.6. The third kappa shape index (κ3) is 7.26. The number of unbranched alkanes of at least 4 members (excludes halogenated alkanes) is 1. The summed E-state index contributed by atoms with van der Waals surface area (Å²) in [5.41, 5.74) is 0. The Morgan fingerprint density at radius 1 is 1.19 bits per heavy atom. The van der Waals surface area contributed by atoms with E-state index in [1.54, 1.807) is 0 Å². The summed E-state index contributed by atoms with van der Waals surface area (Å²) in [6, 6.07) is 0. The molecule has 16 heavy (non-hydrogen) atoms. The van der Waals surface area contributed by atoms with Gasteiger partial charge in [0.15, 0.2) is 0 Å². The number of carbonyl (C=O) groups excluding carboxylic acids is 2. The fraction of sp³-hybridized carbons (Fsp3) is 0.833. The van der Waals surface area contributed by atoms with Gasteiger partial charge >= 0.3 is 11.9 Å². The molecule has 2 atom stereocenters. The quantitative estimate of drug-likeness (QED) is 0.630. The molecule has 4 nitrogen and oxygen atoms in total. The Kier molecular flexibility index (Phi) is 7.60. The van der Waals surface area contributed by atoms with Gasteiger partial charge in [0.2, 0.25) is 0 Å². The lowest BCUT2D eigenvalue weighted by Gasteiger charge is -2.23. The van der Waals surface area contributed by atoms with Crippen LogP contribution in [-0.2, 0) is 19.1 Å². The summed E-state index contributed by atoms with van der Waals surface area (Å²) in [4.78, 5) is 21.6. The maximum Gasteiger partial charge on any atom is 0.302 e. The van der Waals surface area contributed by atoms with Gasteiger partial charge in [-0.3, -0.25) is 9.59 Å². The van der Waals surface area contributed by atoms with Crippen molar-refractivity contribution in [3.63, 3.8) is 0 Å². The molecule has 0 bridgehead atoms. The molecule has 0 spiro atoms. The lowest BCUT2D eigenvalue weighted by Crippen LogP contribution is -2.28. The minimum Gasteiger partial charge on any atom is -0.465 e. The van der Waals surface area contributed by atoms with Gasteiger partial charge in [0, 0.05) is 19.8 Å². The third-order valence-electron chi connectivity index (χ3n) is 2.34. The fourth-order valence-corrected chi connectivity index (χ4v) is 1.43. The Morgan fingerprint density at radius 3 is 2.25 bits per heavy atom. The molecule has 0 aliphatic heterocycles. The summed E-state index contributed by atoms with van der Waals surface area (Å²) in [6.45, 7) is 7.09. The van der Waals surface area contributed by atoms with Crippen LogP contribution in [0.3, 0.4) is 0 Å². The second-order valence-electron chi connectivity index (χ2n) is 4.07. The van der Waals surface area contributed by atoms with Crippen molar-refractivity contribution in [3.05, 3.63) is 0 Å². The van der Waals surface area contributed by atoms with Gasteiger partial charge in [-0.05, 0) is 6.42 Å². The highest BCUT2D eigenvalue weighted by Gasteiger charge is 2.20. The van der Waals surface area contributed by atoms with Gasteiger partial charge in [0.1, 0.15) is 6.10 Å². The lowest BCUT2D eigenvalue weighted by molar-refractivity contribution is -0.152. The van der Waals surface area contributed by atoms with Crippen molar-refractivity contribution < 1.29 is 19.1 Å².